The molecule has 8 heteroatoms. The van der Waals surface area contributed by atoms with Gasteiger partial charge in [0.2, 0.25) is 0 Å². The maximum Gasteiger partial charge on any atom is 0.260 e. The monoisotopic (exact) mass is 433 g/mol. The van der Waals surface area contributed by atoms with E-state index in [4.69, 9.17) is 27.6 Å². The predicted molar refractivity (Wildman–Crippen MR) is 114 cm³/mol. The van der Waals surface area contributed by atoms with Gasteiger partial charge < -0.3 is 9.40 Å². The minimum absolute atomic E-state index is 0.124. The molecular weight excluding hydrogens is 417 g/mol. The van der Waals surface area contributed by atoms with E-state index in [9.17, 15) is 4.79 Å². The highest BCUT2D eigenvalue weighted by molar-refractivity contribution is 7.17. The number of thiophene rings is 1. The fourth-order valence-corrected chi connectivity index (χ4v) is 4.38. The Labute approximate surface area is 175 Å². The number of furan rings is 1. The molecule has 144 valence electrons. The van der Waals surface area contributed by atoms with Crippen LogP contribution in [0.5, 0.6) is 0 Å². The highest BCUT2D eigenvalue weighted by Gasteiger charge is 2.20. The number of H-pyrrole nitrogens is 1. The molecule has 0 aliphatic rings. The van der Waals surface area contributed by atoms with Crippen LogP contribution in [0.2, 0.25) is 10.0 Å². The predicted octanol–water partition coefficient (Wildman–Crippen LogP) is 5.74. The van der Waals surface area contributed by atoms with E-state index >= 15 is 0 Å². The van der Waals surface area contributed by atoms with E-state index in [0.29, 0.717) is 38.4 Å². The number of benzene rings is 1. The second-order valence-corrected chi connectivity index (χ2v) is 8.21. The van der Waals surface area contributed by atoms with Crippen molar-refractivity contribution < 1.29 is 4.42 Å². The van der Waals surface area contributed by atoms with Gasteiger partial charge in [0.25, 0.3) is 5.56 Å². The van der Waals surface area contributed by atoms with Gasteiger partial charge in [0, 0.05) is 17.5 Å². The molecule has 0 aliphatic carbocycles. The third kappa shape index (κ3) is 3.49. The van der Waals surface area contributed by atoms with Gasteiger partial charge in [-0.3, -0.25) is 9.69 Å². The minimum atomic E-state index is -0.173. The van der Waals surface area contributed by atoms with E-state index < -0.39 is 0 Å². The topological polar surface area (TPSA) is 62.1 Å². The van der Waals surface area contributed by atoms with Crippen LogP contribution in [0.3, 0.4) is 0 Å². The van der Waals surface area contributed by atoms with Crippen molar-refractivity contribution in [3.05, 3.63) is 73.8 Å². The van der Waals surface area contributed by atoms with Crippen molar-refractivity contribution in [3.63, 3.8) is 0 Å². The molecule has 5 nitrogen and oxygen atoms in total. The number of hydrogen-bond acceptors (Lipinski definition) is 5. The Morgan fingerprint density at radius 2 is 2.11 bits per heavy atom. The molecule has 4 rings (SSSR count). The number of aromatic nitrogens is 2. The van der Waals surface area contributed by atoms with E-state index in [1.165, 1.54) is 11.3 Å². The fourth-order valence-electron chi connectivity index (χ4n) is 3.06. The molecule has 1 N–H and O–H groups in total. The number of rotatable bonds is 5. The summed E-state index contributed by atoms with van der Waals surface area (Å²) in [6.45, 7) is 2.56. The molecule has 0 saturated heterocycles. The molecular formula is C20H17Cl2N3O2S. The molecule has 0 unspecified atom stereocenters. The summed E-state index contributed by atoms with van der Waals surface area (Å²) in [7, 11) is 1.95. The van der Waals surface area contributed by atoms with Crippen molar-refractivity contribution in [1.29, 1.82) is 0 Å². The van der Waals surface area contributed by atoms with Crippen molar-refractivity contribution in [2.24, 2.45) is 0 Å². The molecule has 4 aromatic rings. The fraction of sp³-hybridized carbons (Fsp3) is 0.200. The minimum Gasteiger partial charge on any atom is -0.464 e. The van der Waals surface area contributed by atoms with Gasteiger partial charge in [-0.25, -0.2) is 4.98 Å². The van der Waals surface area contributed by atoms with Crippen LogP contribution in [0.1, 0.15) is 24.4 Å². The SMILES string of the molecule is C[C@@H](c1nc2scc(-c3ccco3)c2c(=O)[nH]1)N(C)Cc1cccc(Cl)c1Cl. The van der Waals surface area contributed by atoms with Crippen LogP contribution in [-0.4, -0.2) is 21.9 Å². The number of fused-ring (bicyclic) bond motifs is 1. The second-order valence-electron chi connectivity index (χ2n) is 6.56. The highest BCUT2D eigenvalue weighted by atomic mass is 35.5. The molecule has 0 aliphatic heterocycles. The van der Waals surface area contributed by atoms with Crippen LogP contribution in [0.15, 0.2) is 51.2 Å². The van der Waals surface area contributed by atoms with Gasteiger partial charge in [-0.2, -0.15) is 0 Å². The first-order valence-corrected chi connectivity index (χ1v) is 10.3. The quantitative estimate of drug-likeness (QED) is 0.435. The lowest BCUT2D eigenvalue weighted by atomic mass is 10.1. The van der Waals surface area contributed by atoms with Crippen LogP contribution >= 0.6 is 34.5 Å². The summed E-state index contributed by atoms with van der Waals surface area (Å²) in [6, 6.07) is 9.08. The van der Waals surface area contributed by atoms with Crippen molar-refractivity contribution in [1.82, 2.24) is 14.9 Å². The Morgan fingerprint density at radius 1 is 1.29 bits per heavy atom. The summed E-state index contributed by atoms with van der Waals surface area (Å²) in [5.41, 5.74) is 1.51. The van der Waals surface area contributed by atoms with Crippen LogP contribution in [-0.2, 0) is 6.54 Å². The Kier molecular flexibility index (Phi) is 5.29. The van der Waals surface area contributed by atoms with E-state index in [1.54, 1.807) is 18.4 Å². The standard InChI is InChI=1S/C20H17Cl2N3O2S/c1-11(25(2)9-12-5-3-6-14(21)17(12)22)18-23-19(26)16-13(10-28-20(16)24-18)15-7-4-8-27-15/h3-8,10-11H,9H2,1-2H3,(H,23,24,26)/t11-/m0/s1. The normalized spacial score (nSPS) is 12.8. The van der Waals surface area contributed by atoms with Gasteiger partial charge in [-0.05, 0) is 37.7 Å². The first-order chi connectivity index (χ1) is 13.5. The molecule has 28 heavy (non-hydrogen) atoms. The van der Waals surface area contributed by atoms with E-state index in [0.717, 1.165) is 11.1 Å². The maximum absolute atomic E-state index is 12.8. The van der Waals surface area contributed by atoms with Crippen LogP contribution in [0, 0.1) is 0 Å². The lowest BCUT2D eigenvalue weighted by Crippen LogP contribution is -2.26. The van der Waals surface area contributed by atoms with Gasteiger partial charge in [-0.15, -0.1) is 11.3 Å². The maximum atomic E-state index is 12.8. The zero-order valence-electron chi connectivity index (χ0n) is 15.2. The number of aromatic amines is 1. The Hall–Kier alpha value is -2.12. The third-order valence-electron chi connectivity index (χ3n) is 4.76. The van der Waals surface area contributed by atoms with E-state index in [2.05, 4.69) is 14.9 Å². The molecule has 0 spiro atoms. The summed E-state index contributed by atoms with van der Waals surface area (Å²) in [5.74, 6) is 1.26. The molecule has 3 heterocycles. The second kappa shape index (κ2) is 7.72. The molecule has 3 aromatic heterocycles. The number of nitrogens with one attached hydrogen (secondary N) is 1. The molecule has 1 aromatic carbocycles. The largest absolute Gasteiger partial charge is 0.464 e. The van der Waals surface area contributed by atoms with Crippen molar-refractivity contribution in [2.75, 3.05) is 7.05 Å². The zero-order valence-corrected chi connectivity index (χ0v) is 17.5. The Morgan fingerprint density at radius 3 is 2.86 bits per heavy atom. The van der Waals surface area contributed by atoms with Gasteiger partial charge in [-0.1, -0.05) is 35.3 Å². The summed E-state index contributed by atoms with van der Waals surface area (Å²) in [4.78, 5) is 23.1. The van der Waals surface area contributed by atoms with Gasteiger partial charge in [0.1, 0.15) is 16.4 Å². The summed E-state index contributed by atoms with van der Waals surface area (Å²) in [5, 5.41) is 3.52. The van der Waals surface area contributed by atoms with Crippen LogP contribution < -0.4 is 5.56 Å². The molecule has 0 bridgehead atoms. The summed E-state index contributed by atoms with van der Waals surface area (Å²) >= 11 is 13.8. The van der Waals surface area contributed by atoms with Crippen LogP contribution in [0.4, 0.5) is 0 Å². The molecule has 0 fully saturated rings. The molecule has 0 saturated carbocycles. The van der Waals surface area contributed by atoms with Crippen molar-refractivity contribution in [3.8, 4) is 11.3 Å². The van der Waals surface area contributed by atoms with Crippen molar-refractivity contribution in [2.45, 2.75) is 19.5 Å². The number of halogens is 2. The summed E-state index contributed by atoms with van der Waals surface area (Å²) in [6.07, 6.45) is 1.59. The first kappa shape index (κ1) is 19.2. The van der Waals surface area contributed by atoms with E-state index in [-0.39, 0.29) is 11.6 Å². The number of hydrogen-bond donors (Lipinski definition) is 1. The molecule has 1 atom stereocenters. The van der Waals surface area contributed by atoms with Gasteiger partial charge >= 0.3 is 0 Å². The highest BCUT2D eigenvalue weighted by Crippen LogP contribution is 2.32. The van der Waals surface area contributed by atoms with Crippen molar-refractivity contribution >= 4 is 44.8 Å². The van der Waals surface area contributed by atoms with Crippen LogP contribution in [0.25, 0.3) is 21.5 Å². The smallest absolute Gasteiger partial charge is 0.260 e. The average molecular weight is 434 g/mol. The Bertz CT molecular complexity index is 1180. The zero-order chi connectivity index (χ0) is 19.8. The Balaban J connectivity index is 1.65. The van der Waals surface area contributed by atoms with Gasteiger partial charge in [0.15, 0.2) is 0 Å². The molecule has 0 radical (unpaired) electrons. The first-order valence-electron chi connectivity index (χ1n) is 8.64. The average Bonchev–Trinajstić information content (AvgIpc) is 3.34. The third-order valence-corrected chi connectivity index (χ3v) is 6.49. The summed E-state index contributed by atoms with van der Waals surface area (Å²) < 4.78 is 5.44. The van der Waals surface area contributed by atoms with E-state index in [1.807, 2.05) is 37.6 Å². The lowest BCUT2D eigenvalue weighted by molar-refractivity contribution is 0.244. The van der Waals surface area contributed by atoms with Gasteiger partial charge in [0.05, 0.1) is 27.7 Å². The lowest BCUT2D eigenvalue weighted by Gasteiger charge is -2.24. The molecule has 0 amide bonds. The number of nitrogens with zero attached hydrogens (tertiary/aromatic N) is 2.